The molecule has 19 heavy (non-hydrogen) atoms. The third-order valence-corrected chi connectivity index (χ3v) is 5.19. The summed E-state index contributed by atoms with van der Waals surface area (Å²) in [6, 6.07) is 7.87. The molecule has 1 aliphatic rings. The van der Waals surface area contributed by atoms with Gasteiger partial charge in [-0.2, -0.15) is 0 Å². The van der Waals surface area contributed by atoms with Crippen LogP contribution in [-0.4, -0.2) is 17.3 Å². The van der Waals surface area contributed by atoms with Gasteiger partial charge in [0.2, 0.25) is 0 Å². The molecule has 1 amide bonds. The second-order valence-corrected chi connectivity index (χ2v) is 6.46. The number of carbonyl (C=O) groups is 1. The van der Waals surface area contributed by atoms with E-state index in [1.54, 1.807) is 0 Å². The van der Waals surface area contributed by atoms with E-state index in [2.05, 4.69) is 28.2 Å². The predicted molar refractivity (Wildman–Crippen MR) is 82.8 cm³/mol. The first-order chi connectivity index (χ1) is 9.22. The summed E-state index contributed by atoms with van der Waals surface area (Å²) in [6.07, 6.45) is 5.93. The molecular weight excluding hydrogens is 302 g/mol. The van der Waals surface area contributed by atoms with E-state index in [1.165, 1.54) is 25.7 Å². The van der Waals surface area contributed by atoms with Crippen molar-refractivity contribution in [1.29, 1.82) is 0 Å². The molecule has 0 heterocycles. The smallest absolute Gasteiger partial charge is 0.251 e. The van der Waals surface area contributed by atoms with Crippen molar-refractivity contribution in [2.75, 3.05) is 6.54 Å². The van der Waals surface area contributed by atoms with Crippen LogP contribution in [0.2, 0.25) is 0 Å². The Balaban J connectivity index is 1.93. The van der Waals surface area contributed by atoms with Crippen LogP contribution >= 0.6 is 15.9 Å². The lowest BCUT2D eigenvalue weighted by Crippen LogP contribution is -2.34. The molecule has 2 rings (SSSR count). The maximum atomic E-state index is 12.2. The molecule has 1 aromatic rings. The minimum Gasteiger partial charge on any atom is -0.352 e. The molecular formula is C16H22BrNO. The van der Waals surface area contributed by atoms with Gasteiger partial charge in [0.25, 0.3) is 5.91 Å². The lowest BCUT2D eigenvalue weighted by atomic mass is 9.89. The average Bonchev–Trinajstić information content (AvgIpc) is 2.46. The Labute approximate surface area is 124 Å². The Morgan fingerprint density at radius 2 is 2.05 bits per heavy atom. The molecule has 1 aromatic carbocycles. The number of hydrogen-bond donors (Lipinski definition) is 1. The third kappa shape index (κ3) is 3.82. The highest BCUT2D eigenvalue weighted by molar-refractivity contribution is 9.09. The van der Waals surface area contributed by atoms with Gasteiger partial charge in [0.15, 0.2) is 0 Å². The Hall–Kier alpha value is -0.830. The maximum absolute atomic E-state index is 12.2. The first kappa shape index (κ1) is 14.6. The molecule has 2 atom stereocenters. The van der Waals surface area contributed by atoms with E-state index in [4.69, 9.17) is 0 Å². The number of carbonyl (C=O) groups excluding carboxylic acids is 1. The largest absolute Gasteiger partial charge is 0.352 e. The Morgan fingerprint density at radius 3 is 2.79 bits per heavy atom. The van der Waals surface area contributed by atoms with E-state index in [0.29, 0.717) is 10.7 Å². The van der Waals surface area contributed by atoms with E-state index in [0.717, 1.165) is 24.1 Å². The molecule has 1 N–H and O–H groups in total. The molecule has 1 aliphatic carbocycles. The van der Waals surface area contributed by atoms with E-state index in [9.17, 15) is 4.79 Å². The molecule has 2 nitrogen and oxygen atoms in total. The summed E-state index contributed by atoms with van der Waals surface area (Å²) < 4.78 is 0. The van der Waals surface area contributed by atoms with E-state index in [-0.39, 0.29) is 5.91 Å². The molecule has 0 aromatic heterocycles. The minimum absolute atomic E-state index is 0.0720. The molecule has 0 spiro atoms. The molecule has 0 bridgehead atoms. The van der Waals surface area contributed by atoms with Gasteiger partial charge >= 0.3 is 0 Å². The van der Waals surface area contributed by atoms with Crippen LogP contribution in [-0.2, 0) is 6.42 Å². The molecule has 0 aliphatic heterocycles. The van der Waals surface area contributed by atoms with Crippen molar-refractivity contribution in [2.24, 2.45) is 5.92 Å². The Morgan fingerprint density at radius 1 is 1.32 bits per heavy atom. The molecule has 1 saturated carbocycles. The quantitative estimate of drug-likeness (QED) is 0.835. The van der Waals surface area contributed by atoms with Crippen molar-refractivity contribution < 1.29 is 4.79 Å². The zero-order chi connectivity index (χ0) is 13.7. The monoisotopic (exact) mass is 323 g/mol. The van der Waals surface area contributed by atoms with Crippen molar-refractivity contribution >= 4 is 21.8 Å². The van der Waals surface area contributed by atoms with Crippen molar-refractivity contribution in [1.82, 2.24) is 5.32 Å². The standard InChI is InChI=1S/C16H22BrNO/c1-2-12-7-3-5-9-14(12)16(19)18-11-13-8-4-6-10-15(13)17/h3,5,7,9,13,15H,2,4,6,8,10-11H2,1H3,(H,18,19). The first-order valence-corrected chi connectivity index (χ1v) is 8.14. The van der Waals surface area contributed by atoms with Crippen LogP contribution in [0.4, 0.5) is 0 Å². The number of benzene rings is 1. The maximum Gasteiger partial charge on any atom is 0.251 e. The van der Waals surface area contributed by atoms with Gasteiger partial charge in [-0.3, -0.25) is 4.79 Å². The van der Waals surface area contributed by atoms with E-state index in [1.807, 2.05) is 24.3 Å². The van der Waals surface area contributed by atoms with Gasteiger partial charge in [-0.25, -0.2) is 0 Å². The van der Waals surface area contributed by atoms with Gasteiger partial charge in [-0.1, -0.05) is 53.9 Å². The fourth-order valence-electron chi connectivity index (χ4n) is 2.76. The summed E-state index contributed by atoms with van der Waals surface area (Å²) in [4.78, 5) is 12.8. The van der Waals surface area contributed by atoms with Crippen LogP contribution in [0, 0.1) is 5.92 Å². The second kappa shape index (κ2) is 7.09. The van der Waals surface area contributed by atoms with E-state index < -0.39 is 0 Å². The fraction of sp³-hybridized carbons (Fsp3) is 0.562. The van der Waals surface area contributed by atoms with Crippen LogP contribution in [0.1, 0.15) is 48.5 Å². The van der Waals surface area contributed by atoms with Gasteiger partial charge in [0.05, 0.1) is 0 Å². The molecule has 104 valence electrons. The van der Waals surface area contributed by atoms with E-state index >= 15 is 0 Å². The minimum atomic E-state index is 0.0720. The number of aryl methyl sites for hydroxylation is 1. The average molecular weight is 324 g/mol. The summed E-state index contributed by atoms with van der Waals surface area (Å²) in [6.45, 7) is 2.87. The van der Waals surface area contributed by atoms with Crippen LogP contribution in [0.15, 0.2) is 24.3 Å². The van der Waals surface area contributed by atoms with Gasteiger partial charge < -0.3 is 5.32 Å². The van der Waals surface area contributed by atoms with Gasteiger partial charge in [-0.05, 0) is 36.8 Å². The topological polar surface area (TPSA) is 29.1 Å². The predicted octanol–water partition coefficient (Wildman–Crippen LogP) is 3.93. The highest BCUT2D eigenvalue weighted by Gasteiger charge is 2.23. The normalized spacial score (nSPS) is 23.1. The fourth-order valence-corrected chi connectivity index (χ4v) is 3.54. The lowest BCUT2D eigenvalue weighted by molar-refractivity contribution is 0.0943. The molecule has 0 saturated heterocycles. The van der Waals surface area contributed by atoms with Crippen LogP contribution in [0.5, 0.6) is 0 Å². The number of halogens is 1. The van der Waals surface area contributed by atoms with Crippen molar-refractivity contribution in [2.45, 2.75) is 43.9 Å². The molecule has 1 fully saturated rings. The van der Waals surface area contributed by atoms with Gasteiger partial charge in [0, 0.05) is 16.9 Å². The van der Waals surface area contributed by atoms with Crippen molar-refractivity contribution in [3.05, 3.63) is 35.4 Å². The SMILES string of the molecule is CCc1ccccc1C(=O)NCC1CCCCC1Br. The van der Waals surface area contributed by atoms with Crippen molar-refractivity contribution in [3.8, 4) is 0 Å². The molecule has 3 heteroatoms. The number of nitrogens with one attached hydrogen (secondary N) is 1. The van der Waals surface area contributed by atoms with Crippen LogP contribution in [0.25, 0.3) is 0 Å². The Bertz CT molecular complexity index is 433. The summed E-state index contributed by atoms with van der Waals surface area (Å²) >= 11 is 3.74. The number of amides is 1. The summed E-state index contributed by atoms with van der Waals surface area (Å²) in [5.74, 6) is 0.647. The van der Waals surface area contributed by atoms with Crippen molar-refractivity contribution in [3.63, 3.8) is 0 Å². The molecule has 2 unspecified atom stereocenters. The van der Waals surface area contributed by atoms with Gasteiger partial charge in [-0.15, -0.1) is 0 Å². The zero-order valence-electron chi connectivity index (χ0n) is 11.5. The summed E-state index contributed by atoms with van der Waals surface area (Å²) in [7, 11) is 0. The zero-order valence-corrected chi connectivity index (χ0v) is 13.1. The van der Waals surface area contributed by atoms with Crippen LogP contribution < -0.4 is 5.32 Å². The lowest BCUT2D eigenvalue weighted by Gasteiger charge is -2.27. The second-order valence-electron chi connectivity index (χ2n) is 5.28. The number of rotatable bonds is 4. The summed E-state index contributed by atoms with van der Waals surface area (Å²) in [5, 5.41) is 3.10. The summed E-state index contributed by atoms with van der Waals surface area (Å²) in [5.41, 5.74) is 1.95. The molecule has 0 radical (unpaired) electrons. The van der Waals surface area contributed by atoms with Gasteiger partial charge in [0.1, 0.15) is 0 Å². The Kier molecular flexibility index (Phi) is 5.44. The highest BCUT2D eigenvalue weighted by atomic mass is 79.9. The first-order valence-electron chi connectivity index (χ1n) is 7.22. The number of hydrogen-bond acceptors (Lipinski definition) is 1. The third-order valence-electron chi connectivity index (χ3n) is 3.98. The highest BCUT2D eigenvalue weighted by Crippen LogP contribution is 2.29. The van der Waals surface area contributed by atoms with Crippen LogP contribution in [0.3, 0.4) is 0 Å². The number of alkyl halides is 1.